The number of anilines is 1. The fraction of sp³-hybridized carbons (Fsp3) is 0.542. The van der Waals surface area contributed by atoms with E-state index in [9.17, 15) is 14.4 Å². The van der Waals surface area contributed by atoms with E-state index in [-0.39, 0.29) is 13.2 Å². The fourth-order valence-electron chi connectivity index (χ4n) is 4.62. The molecule has 4 rings (SSSR count). The van der Waals surface area contributed by atoms with Crippen molar-refractivity contribution in [2.75, 3.05) is 51.4 Å². The third-order valence-corrected chi connectivity index (χ3v) is 6.54. The topological polar surface area (TPSA) is 73.4 Å². The zero-order chi connectivity index (χ0) is 22.5. The monoisotopic (exact) mass is 440 g/mol. The first-order valence-electron chi connectivity index (χ1n) is 11.5. The molecular weight excluding hydrogens is 408 g/mol. The van der Waals surface area contributed by atoms with Crippen molar-refractivity contribution in [1.29, 1.82) is 0 Å². The molecule has 32 heavy (non-hydrogen) atoms. The first kappa shape index (κ1) is 22.3. The molecule has 2 fully saturated rings. The van der Waals surface area contributed by atoms with E-state index in [1.165, 1.54) is 12.0 Å². The quantitative estimate of drug-likeness (QED) is 0.369. The van der Waals surface area contributed by atoms with Crippen LogP contribution >= 0.6 is 0 Å². The minimum atomic E-state index is -0.705. The van der Waals surface area contributed by atoms with E-state index in [1.807, 2.05) is 24.3 Å². The normalized spacial score (nSPS) is 20.6. The highest BCUT2D eigenvalue weighted by atomic mass is 16.5. The number of urea groups is 1. The molecule has 0 aromatic heterocycles. The summed E-state index contributed by atoms with van der Waals surface area (Å²) < 4.78 is 5.23. The van der Waals surface area contributed by atoms with Gasteiger partial charge in [0.2, 0.25) is 0 Å². The van der Waals surface area contributed by atoms with E-state index in [2.05, 4.69) is 15.9 Å². The molecular formula is C24H32N4O4. The van der Waals surface area contributed by atoms with Gasteiger partial charge < -0.3 is 9.64 Å². The van der Waals surface area contributed by atoms with Gasteiger partial charge in [0.05, 0.1) is 13.8 Å². The largest absolute Gasteiger partial charge is 0.497 e. The molecule has 172 valence electrons. The van der Waals surface area contributed by atoms with Crippen molar-refractivity contribution >= 4 is 23.5 Å². The Labute approximate surface area is 189 Å². The summed E-state index contributed by atoms with van der Waals surface area (Å²) in [6.07, 6.45) is 8.22. The molecule has 2 aliphatic heterocycles. The number of ether oxygens (including phenoxy) is 1. The summed E-state index contributed by atoms with van der Waals surface area (Å²) in [6.45, 7) is 3.62. The molecule has 4 amide bonds. The SMILES string of the molecule is COc1ccc(N2CCCN(CN3C(=O)C(=O)N(CCC4=CCCCC4)C3=O)CC2)cc1. The van der Waals surface area contributed by atoms with Crippen LogP contribution in [0, 0.1) is 0 Å². The van der Waals surface area contributed by atoms with E-state index in [0.717, 1.165) is 66.6 Å². The zero-order valence-electron chi connectivity index (χ0n) is 18.8. The lowest BCUT2D eigenvalue weighted by Crippen LogP contribution is -2.43. The van der Waals surface area contributed by atoms with Gasteiger partial charge >= 0.3 is 17.8 Å². The molecule has 0 atom stereocenters. The van der Waals surface area contributed by atoms with Crippen LogP contribution in [-0.2, 0) is 9.59 Å². The number of carbonyl (C=O) groups excluding carboxylic acids is 3. The summed E-state index contributed by atoms with van der Waals surface area (Å²) in [5.41, 5.74) is 2.41. The predicted molar refractivity (Wildman–Crippen MR) is 121 cm³/mol. The van der Waals surface area contributed by atoms with Gasteiger partial charge in [-0.1, -0.05) is 11.6 Å². The number of benzene rings is 1. The van der Waals surface area contributed by atoms with Gasteiger partial charge in [-0.25, -0.2) is 9.69 Å². The van der Waals surface area contributed by atoms with E-state index in [0.29, 0.717) is 13.0 Å². The number of rotatable bonds is 7. The molecule has 2 heterocycles. The minimum Gasteiger partial charge on any atom is -0.497 e. The highest BCUT2D eigenvalue weighted by molar-refractivity contribution is 6.44. The van der Waals surface area contributed by atoms with Gasteiger partial charge in [-0.05, 0) is 62.8 Å². The van der Waals surface area contributed by atoms with Crippen molar-refractivity contribution in [2.24, 2.45) is 0 Å². The van der Waals surface area contributed by atoms with Crippen LogP contribution in [0.25, 0.3) is 0 Å². The molecule has 8 heteroatoms. The van der Waals surface area contributed by atoms with Gasteiger partial charge in [0.1, 0.15) is 5.75 Å². The average Bonchev–Trinajstić information content (AvgIpc) is 2.99. The van der Waals surface area contributed by atoms with Crippen molar-refractivity contribution < 1.29 is 19.1 Å². The van der Waals surface area contributed by atoms with Crippen molar-refractivity contribution in [3.05, 3.63) is 35.9 Å². The van der Waals surface area contributed by atoms with Gasteiger partial charge in [0.15, 0.2) is 0 Å². The van der Waals surface area contributed by atoms with Crippen molar-refractivity contribution in [3.63, 3.8) is 0 Å². The molecule has 0 radical (unpaired) electrons. The van der Waals surface area contributed by atoms with Crippen LogP contribution in [0.2, 0.25) is 0 Å². The molecule has 0 spiro atoms. The third kappa shape index (κ3) is 4.96. The molecule has 8 nitrogen and oxygen atoms in total. The maximum atomic E-state index is 12.8. The highest BCUT2D eigenvalue weighted by Gasteiger charge is 2.44. The van der Waals surface area contributed by atoms with Crippen LogP contribution in [-0.4, -0.2) is 79.0 Å². The molecule has 0 N–H and O–H groups in total. The van der Waals surface area contributed by atoms with Crippen molar-refractivity contribution in [3.8, 4) is 5.75 Å². The summed E-state index contributed by atoms with van der Waals surface area (Å²) in [5, 5.41) is 0. The van der Waals surface area contributed by atoms with Crippen molar-refractivity contribution in [1.82, 2.24) is 14.7 Å². The molecule has 0 unspecified atom stereocenters. The van der Waals surface area contributed by atoms with Crippen molar-refractivity contribution in [2.45, 2.75) is 38.5 Å². The Morgan fingerprint density at radius 1 is 0.875 bits per heavy atom. The maximum absolute atomic E-state index is 12.8. The molecule has 1 aliphatic carbocycles. The maximum Gasteiger partial charge on any atom is 0.335 e. The summed E-state index contributed by atoms with van der Waals surface area (Å²) in [7, 11) is 1.65. The fourth-order valence-corrected chi connectivity index (χ4v) is 4.62. The molecule has 1 aromatic rings. The number of imide groups is 2. The number of nitrogens with zero attached hydrogens (tertiary/aromatic N) is 4. The van der Waals surface area contributed by atoms with E-state index in [1.54, 1.807) is 7.11 Å². The molecule has 2 saturated heterocycles. The average molecular weight is 441 g/mol. The lowest BCUT2D eigenvalue weighted by molar-refractivity contribution is -0.143. The lowest BCUT2D eigenvalue weighted by Gasteiger charge is -2.26. The predicted octanol–water partition coefficient (Wildman–Crippen LogP) is 2.85. The second-order valence-electron chi connectivity index (χ2n) is 8.63. The lowest BCUT2D eigenvalue weighted by atomic mass is 9.97. The van der Waals surface area contributed by atoms with E-state index < -0.39 is 17.8 Å². The number of amides is 4. The summed E-state index contributed by atoms with van der Waals surface area (Å²) in [6, 6.07) is 7.50. The van der Waals surface area contributed by atoms with Crippen LogP contribution in [0.15, 0.2) is 35.9 Å². The van der Waals surface area contributed by atoms with Crippen LogP contribution in [0.1, 0.15) is 38.5 Å². The number of methoxy groups -OCH3 is 1. The second kappa shape index (κ2) is 10.2. The molecule has 1 aromatic carbocycles. The van der Waals surface area contributed by atoms with Gasteiger partial charge in [0, 0.05) is 38.4 Å². The standard InChI is InChI=1S/C24H32N4O4/c1-32-21-10-8-20(9-11-21)26-14-5-13-25(16-17-26)18-28-23(30)22(29)27(24(28)31)15-12-19-6-3-2-4-7-19/h6,8-11H,2-5,7,12-18H2,1H3. The number of hydrogen-bond donors (Lipinski definition) is 0. The van der Waals surface area contributed by atoms with E-state index >= 15 is 0 Å². The Balaban J connectivity index is 1.32. The number of hydrogen-bond acceptors (Lipinski definition) is 6. The Kier molecular flexibility index (Phi) is 7.09. The van der Waals surface area contributed by atoms with Gasteiger partial charge in [-0.2, -0.15) is 0 Å². The molecule has 3 aliphatic rings. The van der Waals surface area contributed by atoms with E-state index in [4.69, 9.17) is 4.74 Å². The van der Waals surface area contributed by atoms with Crippen LogP contribution in [0.4, 0.5) is 10.5 Å². The summed E-state index contributed by atoms with van der Waals surface area (Å²) in [5.74, 6) is -0.574. The first-order valence-corrected chi connectivity index (χ1v) is 11.5. The Morgan fingerprint density at radius 2 is 1.66 bits per heavy atom. The highest BCUT2D eigenvalue weighted by Crippen LogP contribution is 2.23. The first-order chi connectivity index (χ1) is 15.6. The Morgan fingerprint density at radius 3 is 2.38 bits per heavy atom. The number of carbonyl (C=O) groups is 3. The van der Waals surface area contributed by atoms with Gasteiger partial charge in [-0.3, -0.25) is 19.4 Å². The van der Waals surface area contributed by atoms with Gasteiger partial charge in [-0.15, -0.1) is 0 Å². The summed E-state index contributed by atoms with van der Waals surface area (Å²) in [4.78, 5) is 44.4. The van der Waals surface area contributed by atoms with Gasteiger partial charge in [0.25, 0.3) is 0 Å². The number of allylic oxidation sites excluding steroid dienone is 1. The Bertz CT molecular complexity index is 882. The minimum absolute atomic E-state index is 0.166. The summed E-state index contributed by atoms with van der Waals surface area (Å²) >= 11 is 0. The van der Waals surface area contributed by atoms with Crippen LogP contribution in [0.5, 0.6) is 5.75 Å². The second-order valence-corrected chi connectivity index (χ2v) is 8.63. The molecule has 0 bridgehead atoms. The zero-order valence-corrected chi connectivity index (χ0v) is 18.8. The van der Waals surface area contributed by atoms with Crippen LogP contribution < -0.4 is 9.64 Å². The van der Waals surface area contributed by atoms with Crippen LogP contribution in [0.3, 0.4) is 0 Å². The Hall–Kier alpha value is -2.87. The third-order valence-electron chi connectivity index (χ3n) is 6.54. The smallest absolute Gasteiger partial charge is 0.335 e. The molecule has 0 saturated carbocycles.